The lowest BCUT2D eigenvalue weighted by Crippen LogP contribution is -2.68. The van der Waals surface area contributed by atoms with Gasteiger partial charge in [-0.25, -0.2) is 4.79 Å². The lowest BCUT2D eigenvalue weighted by Gasteiger charge is -2.60. The molecule has 0 amide bonds. The van der Waals surface area contributed by atoms with Gasteiger partial charge in [-0.2, -0.15) is 8.78 Å². The first-order valence-corrected chi connectivity index (χ1v) is 14.2. The molecule has 4 aliphatic carbocycles. The zero-order valence-corrected chi connectivity index (χ0v) is 20.7. The van der Waals surface area contributed by atoms with E-state index in [-0.39, 0.29) is 0 Å². The Bertz CT molecular complexity index is 1110. The SMILES string of the molecule is O=C(OS(c1ccccc1)(c1ccccc1)c1ccccc1)C(F)(F)C1(O)C2CC3CC(C2)CC1C3. The van der Waals surface area contributed by atoms with E-state index in [0.29, 0.717) is 52.2 Å². The minimum atomic E-state index is -4.02. The normalized spacial score (nSPS) is 29.6. The molecule has 0 saturated heterocycles. The van der Waals surface area contributed by atoms with Crippen LogP contribution in [-0.4, -0.2) is 22.6 Å². The van der Waals surface area contributed by atoms with Crippen molar-refractivity contribution in [2.24, 2.45) is 23.7 Å². The fraction of sp³-hybridized carbons (Fsp3) is 0.367. The predicted molar refractivity (Wildman–Crippen MR) is 135 cm³/mol. The molecule has 1 N–H and O–H groups in total. The topological polar surface area (TPSA) is 46.5 Å². The van der Waals surface area contributed by atoms with Gasteiger partial charge in [-0.1, -0.05) is 54.6 Å². The maximum absolute atomic E-state index is 16.3. The molecular weight excluding hydrogens is 478 g/mol. The van der Waals surface area contributed by atoms with Gasteiger partial charge in [0.1, 0.15) is 5.60 Å². The van der Waals surface area contributed by atoms with Crippen LogP contribution in [0.5, 0.6) is 0 Å². The molecule has 4 bridgehead atoms. The average molecular weight is 509 g/mol. The Labute approximate surface area is 212 Å². The van der Waals surface area contributed by atoms with E-state index in [1.165, 1.54) is 0 Å². The molecule has 3 aromatic carbocycles. The molecule has 4 saturated carbocycles. The Morgan fingerprint density at radius 2 is 1.08 bits per heavy atom. The summed E-state index contributed by atoms with van der Waals surface area (Å²) in [6, 6.07) is 27.4. The number of rotatable bonds is 6. The van der Waals surface area contributed by atoms with Crippen LogP contribution >= 0.6 is 10.3 Å². The zero-order chi connectivity index (χ0) is 25.0. The predicted octanol–water partition coefficient (Wildman–Crippen LogP) is 7.25. The van der Waals surface area contributed by atoms with Crippen LogP contribution in [-0.2, 0) is 8.98 Å². The van der Waals surface area contributed by atoms with Gasteiger partial charge in [0.2, 0.25) is 0 Å². The van der Waals surface area contributed by atoms with Crippen LogP contribution < -0.4 is 0 Å². The molecule has 3 nitrogen and oxygen atoms in total. The second-order valence-electron chi connectivity index (χ2n) is 10.6. The number of benzene rings is 3. The van der Waals surface area contributed by atoms with Gasteiger partial charge in [0, 0.05) is 14.7 Å². The van der Waals surface area contributed by atoms with Crippen molar-refractivity contribution in [1.82, 2.24) is 0 Å². The van der Waals surface area contributed by atoms with E-state index in [0.717, 1.165) is 6.42 Å². The van der Waals surface area contributed by atoms with Crippen molar-refractivity contribution in [1.29, 1.82) is 0 Å². The summed E-state index contributed by atoms with van der Waals surface area (Å²) in [5, 5.41) is 11.7. The highest BCUT2D eigenvalue weighted by Crippen LogP contribution is 2.70. The molecule has 0 atom stereocenters. The van der Waals surface area contributed by atoms with Crippen LogP contribution in [0.1, 0.15) is 32.1 Å². The van der Waals surface area contributed by atoms with Crippen molar-refractivity contribution in [2.75, 3.05) is 0 Å². The molecule has 188 valence electrons. The highest BCUT2D eigenvalue weighted by Gasteiger charge is 2.71. The molecule has 0 heterocycles. The molecule has 4 fully saturated rings. The second-order valence-corrected chi connectivity index (χ2v) is 13.3. The summed E-state index contributed by atoms with van der Waals surface area (Å²) in [6.07, 6.45) is 3.28. The minimum absolute atomic E-state index is 0.377. The Morgan fingerprint density at radius 1 is 0.722 bits per heavy atom. The van der Waals surface area contributed by atoms with Crippen LogP contribution in [0.25, 0.3) is 0 Å². The Hall–Kier alpha value is -2.70. The molecule has 0 spiro atoms. The van der Waals surface area contributed by atoms with Crippen molar-refractivity contribution in [3.05, 3.63) is 91.0 Å². The van der Waals surface area contributed by atoms with E-state index < -0.39 is 39.6 Å². The quantitative estimate of drug-likeness (QED) is 0.382. The summed E-state index contributed by atoms with van der Waals surface area (Å²) in [5.74, 6) is -6.06. The van der Waals surface area contributed by atoms with Crippen molar-refractivity contribution in [3.8, 4) is 0 Å². The highest BCUT2D eigenvalue weighted by atomic mass is 32.3. The van der Waals surface area contributed by atoms with Crippen LogP contribution in [0.2, 0.25) is 0 Å². The lowest BCUT2D eigenvalue weighted by atomic mass is 9.48. The zero-order valence-electron chi connectivity index (χ0n) is 19.9. The fourth-order valence-electron chi connectivity index (χ4n) is 7.13. The smallest absolute Gasteiger partial charge is 0.391 e. The van der Waals surface area contributed by atoms with Gasteiger partial charge < -0.3 is 9.29 Å². The third-order valence-corrected chi connectivity index (χ3v) is 11.8. The second kappa shape index (κ2) is 8.70. The van der Waals surface area contributed by atoms with Gasteiger partial charge >= 0.3 is 11.9 Å². The first-order chi connectivity index (χ1) is 17.4. The lowest BCUT2D eigenvalue weighted by molar-refractivity contribution is -0.277. The van der Waals surface area contributed by atoms with Gasteiger partial charge in [0.15, 0.2) is 0 Å². The maximum atomic E-state index is 16.3. The number of alkyl halides is 2. The summed E-state index contributed by atoms with van der Waals surface area (Å²) >= 11 is 0. The van der Waals surface area contributed by atoms with Crippen molar-refractivity contribution in [3.63, 3.8) is 0 Å². The number of carbonyl (C=O) groups excluding carboxylic acids is 1. The van der Waals surface area contributed by atoms with Gasteiger partial charge in [-0.15, -0.1) is 0 Å². The Morgan fingerprint density at radius 3 is 1.44 bits per heavy atom. The van der Waals surface area contributed by atoms with Crippen molar-refractivity contribution in [2.45, 2.75) is 58.3 Å². The summed E-state index contributed by atoms with van der Waals surface area (Å²) in [4.78, 5) is 15.6. The van der Waals surface area contributed by atoms with Crippen molar-refractivity contribution >= 4 is 16.3 Å². The monoisotopic (exact) mass is 508 g/mol. The largest absolute Gasteiger partial charge is 0.397 e. The maximum Gasteiger partial charge on any atom is 0.391 e. The van der Waals surface area contributed by atoms with Gasteiger partial charge in [-0.05, 0) is 102 Å². The third kappa shape index (κ3) is 3.45. The third-order valence-electron chi connectivity index (χ3n) is 8.57. The van der Waals surface area contributed by atoms with Gasteiger partial charge in [0.25, 0.3) is 0 Å². The fourth-order valence-corrected chi connectivity index (χ4v) is 10.2. The van der Waals surface area contributed by atoms with E-state index >= 15 is 8.78 Å². The number of hydrogen-bond donors (Lipinski definition) is 1. The first kappa shape index (κ1) is 23.7. The molecule has 0 aromatic heterocycles. The van der Waals surface area contributed by atoms with Crippen LogP contribution in [0.3, 0.4) is 0 Å². The van der Waals surface area contributed by atoms with Crippen LogP contribution in [0, 0.1) is 23.7 Å². The van der Waals surface area contributed by atoms with Crippen LogP contribution in [0.15, 0.2) is 106 Å². The molecule has 0 radical (unpaired) electrons. The van der Waals surface area contributed by atoms with Crippen molar-refractivity contribution < 1.29 is 22.9 Å². The average Bonchev–Trinajstić information content (AvgIpc) is 2.91. The van der Waals surface area contributed by atoms with E-state index in [1.54, 1.807) is 0 Å². The molecular formula is C30H30F2O3S. The van der Waals surface area contributed by atoms with E-state index in [1.807, 2.05) is 91.0 Å². The van der Waals surface area contributed by atoms with Gasteiger partial charge in [0.05, 0.1) is 0 Å². The highest BCUT2D eigenvalue weighted by molar-refractivity contribution is 8.30. The van der Waals surface area contributed by atoms with E-state index in [9.17, 15) is 9.90 Å². The molecule has 36 heavy (non-hydrogen) atoms. The number of halogens is 2. The first-order valence-electron chi connectivity index (χ1n) is 12.7. The van der Waals surface area contributed by atoms with Gasteiger partial charge in [-0.3, -0.25) is 0 Å². The Balaban J connectivity index is 1.47. The van der Waals surface area contributed by atoms with E-state index in [2.05, 4.69) is 0 Å². The van der Waals surface area contributed by atoms with E-state index in [4.69, 9.17) is 4.18 Å². The Kier molecular flexibility index (Phi) is 5.73. The summed E-state index contributed by atoms with van der Waals surface area (Å²) in [5.41, 5.74) is -2.37. The minimum Gasteiger partial charge on any atom is -0.397 e. The molecule has 0 aliphatic heterocycles. The molecule has 7 rings (SSSR count). The molecule has 4 aliphatic rings. The van der Waals surface area contributed by atoms with Crippen LogP contribution in [0.4, 0.5) is 8.78 Å². The summed E-state index contributed by atoms with van der Waals surface area (Å²) < 4.78 is 38.8. The molecule has 0 unspecified atom stereocenters. The number of aliphatic hydroxyl groups is 1. The molecule has 6 heteroatoms. The standard InChI is InChI=1S/C30H30F2O3S/c31-30(32,29(34)23-17-21-16-22(19-23)20-24(29)18-21)28(33)35-36(25-10-4-1-5-11-25,26-12-6-2-7-13-26)27-14-8-3-9-15-27/h1-15,21-24,34H,16-20H2. The molecule has 3 aromatic rings. The summed E-state index contributed by atoms with van der Waals surface area (Å²) in [6.45, 7) is 0. The number of hydrogen-bond acceptors (Lipinski definition) is 3. The summed E-state index contributed by atoms with van der Waals surface area (Å²) in [7, 11) is -2.85. The number of carbonyl (C=O) groups is 1.